The number of imidazole rings is 1. The summed E-state index contributed by atoms with van der Waals surface area (Å²) in [5.74, 6) is 1.48. The number of nitrogens with zero attached hydrogens (tertiary/aromatic N) is 3. The van der Waals surface area contributed by atoms with Crippen molar-refractivity contribution in [2.24, 2.45) is 5.92 Å². The summed E-state index contributed by atoms with van der Waals surface area (Å²) >= 11 is 1.73. The van der Waals surface area contributed by atoms with E-state index in [9.17, 15) is 0 Å². The second-order valence-electron chi connectivity index (χ2n) is 6.50. The Labute approximate surface area is 145 Å². The molecule has 3 aromatic heterocycles. The van der Waals surface area contributed by atoms with Gasteiger partial charge in [-0.1, -0.05) is 6.07 Å². The number of ether oxygens (including phenoxy) is 1. The summed E-state index contributed by atoms with van der Waals surface area (Å²) < 4.78 is 7.86. The van der Waals surface area contributed by atoms with E-state index in [1.807, 2.05) is 12.3 Å². The van der Waals surface area contributed by atoms with Gasteiger partial charge in [0.2, 0.25) is 5.88 Å². The van der Waals surface area contributed by atoms with Gasteiger partial charge in [-0.05, 0) is 38.2 Å². The van der Waals surface area contributed by atoms with Gasteiger partial charge in [-0.25, -0.2) is 9.97 Å². The van der Waals surface area contributed by atoms with Gasteiger partial charge in [0.25, 0.3) is 0 Å². The van der Waals surface area contributed by atoms with E-state index >= 15 is 0 Å². The van der Waals surface area contributed by atoms with Gasteiger partial charge in [0.1, 0.15) is 0 Å². The molecule has 1 N–H and O–H groups in total. The average molecular weight is 342 g/mol. The Bertz CT molecular complexity index is 833. The Morgan fingerprint density at radius 3 is 2.92 bits per heavy atom. The maximum atomic E-state index is 5.67. The molecule has 126 valence electrons. The van der Waals surface area contributed by atoms with Gasteiger partial charge < -0.3 is 10.1 Å². The van der Waals surface area contributed by atoms with Crippen molar-refractivity contribution in [1.82, 2.24) is 19.7 Å². The molecule has 0 amide bonds. The molecule has 0 unspecified atom stereocenters. The van der Waals surface area contributed by atoms with Crippen molar-refractivity contribution < 1.29 is 4.74 Å². The third-order valence-electron chi connectivity index (χ3n) is 4.32. The Morgan fingerprint density at radius 2 is 2.17 bits per heavy atom. The topological polar surface area (TPSA) is 51.5 Å². The number of hydrogen-bond acceptors (Lipinski definition) is 5. The molecule has 24 heavy (non-hydrogen) atoms. The molecule has 3 heterocycles. The van der Waals surface area contributed by atoms with Crippen molar-refractivity contribution in [1.29, 1.82) is 0 Å². The molecule has 0 aromatic carbocycles. The molecule has 0 bridgehead atoms. The van der Waals surface area contributed by atoms with Crippen molar-refractivity contribution >= 4 is 16.3 Å². The predicted octanol–water partition coefficient (Wildman–Crippen LogP) is 3.49. The monoisotopic (exact) mass is 342 g/mol. The van der Waals surface area contributed by atoms with Crippen LogP contribution >= 0.6 is 11.3 Å². The zero-order valence-electron chi connectivity index (χ0n) is 14.1. The van der Waals surface area contributed by atoms with Crippen LogP contribution in [0.3, 0.4) is 0 Å². The average Bonchev–Trinajstić information content (AvgIpc) is 3.27. The second-order valence-corrected chi connectivity index (χ2v) is 7.71. The number of thiazole rings is 1. The Morgan fingerprint density at radius 1 is 1.29 bits per heavy atom. The van der Waals surface area contributed by atoms with Crippen LogP contribution in [0.1, 0.15) is 34.7 Å². The third-order valence-corrected chi connectivity index (χ3v) is 5.22. The van der Waals surface area contributed by atoms with E-state index in [0.717, 1.165) is 47.7 Å². The lowest BCUT2D eigenvalue weighted by molar-refractivity contribution is 0.288. The Balaban J connectivity index is 1.33. The molecule has 0 aliphatic heterocycles. The van der Waals surface area contributed by atoms with Crippen LogP contribution in [0.4, 0.5) is 0 Å². The van der Waals surface area contributed by atoms with E-state index in [1.165, 1.54) is 23.4 Å². The largest absolute Gasteiger partial charge is 0.477 e. The molecule has 0 saturated heterocycles. The molecule has 1 aliphatic carbocycles. The van der Waals surface area contributed by atoms with E-state index in [1.54, 1.807) is 11.3 Å². The van der Waals surface area contributed by atoms with Crippen LogP contribution in [0.15, 0.2) is 24.5 Å². The van der Waals surface area contributed by atoms with Crippen molar-refractivity contribution in [3.63, 3.8) is 0 Å². The highest BCUT2D eigenvalue weighted by atomic mass is 32.1. The first-order chi connectivity index (χ1) is 11.7. The first-order valence-corrected chi connectivity index (χ1v) is 9.23. The molecule has 0 radical (unpaired) electrons. The lowest BCUT2D eigenvalue weighted by atomic mass is 10.2. The summed E-state index contributed by atoms with van der Waals surface area (Å²) in [7, 11) is 0. The molecular formula is C18H22N4OS. The molecule has 6 heteroatoms. The fourth-order valence-corrected chi connectivity index (χ4v) is 3.63. The number of nitrogens with one attached hydrogen (secondary N) is 1. The summed E-state index contributed by atoms with van der Waals surface area (Å²) in [4.78, 5) is 11.4. The minimum Gasteiger partial charge on any atom is -0.477 e. The maximum Gasteiger partial charge on any atom is 0.213 e. The first-order valence-electron chi connectivity index (χ1n) is 8.41. The third kappa shape index (κ3) is 3.44. The summed E-state index contributed by atoms with van der Waals surface area (Å²) in [6.45, 7) is 6.57. The van der Waals surface area contributed by atoms with Gasteiger partial charge in [-0.3, -0.25) is 4.40 Å². The normalized spacial score (nSPS) is 14.4. The lowest BCUT2D eigenvalue weighted by Gasteiger charge is -2.07. The lowest BCUT2D eigenvalue weighted by Crippen LogP contribution is -2.15. The highest BCUT2D eigenvalue weighted by Crippen LogP contribution is 2.29. The smallest absolute Gasteiger partial charge is 0.213 e. The van der Waals surface area contributed by atoms with Crippen LogP contribution < -0.4 is 10.1 Å². The molecule has 1 fully saturated rings. The van der Waals surface area contributed by atoms with E-state index in [0.29, 0.717) is 0 Å². The summed E-state index contributed by atoms with van der Waals surface area (Å²) in [6.07, 6.45) is 6.65. The molecule has 3 aromatic rings. The van der Waals surface area contributed by atoms with Crippen LogP contribution in [0.5, 0.6) is 5.88 Å². The van der Waals surface area contributed by atoms with Crippen LogP contribution in [0.2, 0.25) is 0 Å². The van der Waals surface area contributed by atoms with Gasteiger partial charge in [0, 0.05) is 36.4 Å². The molecule has 1 aliphatic rings. The number of rotatable bonds is 7. The van der Waals surface area contributed by atoms with E-state index in [2.05, 4.69) is 45.8 Å². The maximum absolute atomic E-state index is 5.67. The van der Waals surface area contributed by atoms with Crippen molar-refractivity contribution in [3.05, 3.63) is 46.4 Å². The number of fused-ring (bicyclic) bond motifs is 1. The van der Waals surface area contributed by atoms with Gasteiger partial charge in [0.05, 0.1) is 18.0 Å². The molecular weight excluding hydrogens is 320 g/mol. The predicted molar refractivity (Wildman–Crippen MR) is 95.5 cm³/mol. The molecule has 0 atom stereocenters. The minimum atomic E-state index is 0.729. The van der Waals surface area contributed by atoms with Gasteiger partial charge in [0.15, 0.2) is 4.96 Å². The standard InChI is InChI=1S/C18H22N4OS/c1-12-10-22-16(13(2)21-18(22)24-12)9-19-7-15-5-6-17(20-8-15)23-11-14-3-4-14/h5-6,8,10,14,19H,3-4,7,9,11H2,1-2H3. The summed E-state index contributed by atoms with van der Waals surface area (Å²) in [5.41, 5.74) is 3.48. The number of hydrogen-bond donors (Lipinski definition) is 1. The van der Waals surface area contributed by atoms with E-state index in [4.69, 9.17) is 4.74 Å². The van der Waals surface area contributed by atoms with Crippen molar-refractivity contribution in [2.45, 2.75) is 39.8 Å². The van der Waals surface area contributed by atoms with Crippen LogP contribution in [0, 0.1) is 19.8 Å². The molecule has 5 nitrogen and oxygen atoms in total. The van der Waals surface area contributed by atoms with Crippen LogP contribution in [-0.2, 0) is 13.1 Å². The molecule has 1 saturated carbocycles. The number of aryl methyl sites for hydroxylation is 2. The van der Waals surface area contributed by atoms with Gasteiger partial charge >= 0.3 is 0 Å². The van der Waals surface area contributed by atoms with E-state index < -0.39 is 0 Å². The van der Waals surface area contributed by atoms with Crippen molar-refractivity contribution in [3.8, 4) is 5.88 Å². The highest BCUT2D eigenvalue weighted by molar-refractivity contribution is 7.17. The second kappa shape index (κ2) is 6.53. The van der Waals surface area contributed by atoms with Crippen LogP contribution in [0.25, 0.3) is 4.96 Å². The quantitative estimate of drug-likeness (QED) is 0.714. The zero-order valence-corrected chi connectivity index (χ0v) is 14.9. The van der Waals surface area contributed by atoms with Crippen molar-refractivity contribution in [2.75, 3.05) is 6.61 Å². The number of aromatic nitrogens is 3. The summed E-state index contributed by atoms with van der Waals surface area (Å²) in [5, 5.41) is 3.49. The summed E-state index contributed by atoms with van der Waals surface area (Å²) in [6, 6.07) is 4.04. The number of pyridine rings is 1. The van der Waals surface area contributed by atoms with Gasteiger partial charge in [-0.15, -0.1) is 11.3 Å². The Hall–Kier alpha value is -1.92. The SMILES string of the molecule is Cc1cn2c(CNCc3ccc(OCC4CC4)nc3)c(C)nc2s1. The zero-order chi connectivity index (χ0) is 16.5. The Kier molecular flexibility index (Phi) is 4.24. The fourth-order valence-electron chi connectivity index (χ4n) is 2.74. The minimum absolute atomic E-state index is 0.729. The van der Waals surface area contributed by atoms with Gasteiger partial charge in [-0.2, -0.15) is 0 Å². The fraction of sp³-hybridized carbons (Fsp3) is 0.444. The molecule has 4 rings (SSSR count). The van der Waals surface area contributed by atoms with Crippen LogP contribution in [-0.4, -0.2) is 21.0 Å². The first kappa shape index (κ1) is 15.6. The van der Waals surface area contributed by atoms with E-state index in [-0.39, 0.29) is 0 Å². The highest BCUT2D eigenvalue weighted by Gasteiger charge is 2.22. The molecule has 0 spiro atoms.